The maximum atomic E-state index is 10.3. The predicted molar refractivity (Wildman–Crippen MR) is 88.3 cm³/mol. The topological polar surface area (TPSA) is 55.5 Å². The van der Waals surface area contributed by atoms with Crippen molar-refractivity contribution in [1.82, 2.24) is 0 Å². The van der Waals surface area contributed by atoms with Crippen molar-refractivity contribution in [2.45, 2.75) is 18.6 Å². The molecule has 0 unspecified atom stereocenters. The van der Waals surface area contributed by atoms with E-state index in [0.29, 0.717) is 17.2 Å². The third kappa shape index (κ3) is 4.61. The molecule has 21 heavy (non-hydrogen) atoms. The standard InChI is InChI=1S/C16H18ClNO2.ClH/c1-20-15-10-12(7-8-13(15)17)16(18)14(19)9-11-5-3-2-4-6-11;/h2-8,10,14,16,19H,9,18H2,1H3;1H/t14-,16+;/m0./s1. The molecule has 0 spiro atoms. The van der Waals surface area contributed by atoms with Gasteiger partial charge in [0.25, 0.3) is 0 Å². The zero-order valence-electron chi connectivity index (χ0n) is 11.7. The summed E-state index contributed by atoms with van der Waals surface area (Å²) in [6.45, 7) is 0. The average Bonchev–Trinajstić information content (AvgIpc) is 2.48. The molecule has 0 saturated heterocycles. The molecule has 0 amide bonds. The molecule has 0 aliphatic heterocycles. The maximum absolute atomic E-state index is 10.3. The summed E-state index contributed by atoms with van der Waals surface area (Å²) < 4.78 is 5.16. The van der Waals surface area contributed by atoms with Gasteiger partial charge in [-0.15, -0.1) is 12.4 Å². The van der Waals surface area contributed by atoms with Gasteiger partial charge >= 0.3 is 0 Å². The molecular weight excluding hydrogens is 309 g/mol. The quantitative estimate of drug-likeness (QED) is 0.885. The molecule has 2 atom stereocenters. The van der Waals surface area contributed by atoms with E-state index in [4.69, 9.17) is 22.1 Å². The van der Waals surface area contributed by atoms with Crippen LogP contribution in [0.1, 0.15) is 17.2 Å². The highest BCUT2D eigenvalue weighted by molar-refractivity contribution is 6.32. The third-order valence-electron chi connectivity index (χ3n) is 3.26. The lowest BCUT2D eigenvalue weighted by Gasteiger charge is -2.20. The van der Waals surface area contributed by atoms with Crippen LogP contribution in [0.4, 0.5) is 0 Å². The van der Waals surface area contributed by atoms with E-state index >= 15 is 0 Å². The molecule has 0 aliphatic rings. The number of hydrogen-bond acceptors (Lipinski definition) is 3. The number of hydrogen-bond donors (Lipinski definition) is 2. The smallest absolute Gasteiger partial charge is 0.137 e. The van der Waals surface area contributed by atoms with Crippen LogP contribution in [-0.4, -0.2) is 18.3 Å². The van der Waals surface area contributed by atoms with Gasteiger partial charge in [-0.3, -0.25) is 0 Å². The number of nitrogens with two attached hydrogens (primary N) is 1. The average molecular weight is 328 g/mol. The van der Waals surface area contributed by atoms with E-state index in [1.54, 1.807) is 19.2 Å². The molecule has 0 aromatic heterocycles. The van der Waals surface area contributed by atoms with Crippen molar-refractivity contribution in [3.05, 3.63) is 64.7 Å². The highest BCUT2D eigenvalue weighted by Crippen LogP contribution is 2.28. The second-order valence-corrected chi connectivity index (χ2v) is 5.08. The van der Waals surface area contributed by atoms with Gasteiger partial charge < -0.3 is 15.6 Å². The first-order chi connectivity index (χ1) is 9.61. The first-order valence-corrected chi connectivity index (χ1v) is 6.80. The van der Waals surface area contributed by atoms with Crippen LogP contribution in [0, 0.1) is 0 Å². The van der Waals surface area contributed by atoms with Gasteiger partial charge in [0.15, 0.2) is 0 Å². The van der Waals surface area contributed by atoms with E-state index in [9.17, 15) is 5.11 Å². The molecule has 2 aromatic carbocycles. The predicted octanol–water partition coefficient (Wildman–Crippen LogP) is 3.37. The zero-order valence-corrected chi connectivity index (χ0v) is 13.3. The fraction of sp³-hybridized carbons (Fsp3) is 0.250. The maximum Gasteiger partial charge on any atom is 0.137 e. The normalized spacial score (nSPS) is 13.1. The SMILES string of the molecule is COc1cc([C@@H](N)[C@@H](O)Cc2ccccc2)ccc1Cl.Cl. The summed E-state index contributed by atoms with van der Waals surface area (Å²) in [6.07, 6.45) is -0.157. The minimum Gasteiger partial charge on any atom is -0.495 e. The van der Waals surface area contributed by atoms with Crippen molar-refractivity contribution in [1.29, 1.82) is 0 Å². The molecule has 2 aromatic rings. The fourth-order valence-corrected chi connectivity index (χ4v) is 2.28. The molecule has 5 heteroatoms. The Labute approximate surface area is 136 Å². The number of methoxy groups -OCH3 is 1. The Kier molecular flexibility index (Phi) is 6.99. The van der Waals surface area contributed by atoms with Crippen LogP contribution >= 0.6 is 24.0 Å². The minimum absolute atomic E-state index is 0. The summed E-state index contributed by atoms with van der Waals surface area (Å²) in [5.74, 6) is 0.562. The van der Waals surface area contributed by atoms with E-state index in [0.717, 1.165) is 11.1 Å². The molecular formula is C16H19Cl2NO2. The highest BCUT2D eigenvalue weighted by Gasteiger charge is 2.18. The van der Waals surface area contributed by atoms with E-state index < -0.39 is 12.1 Å². The first kappa shape index (κ1) is 17.8. The number of ether oxygens (including phenoxy) is 1. The second kappa shape index (κ2) is 8.25. The van der Waals surface area contributed by atoms with Crippen molar-refractivity contribution in [2.24, 2.45) is 5.73 Å². The molecule has 2 rings (SSSR count). The molecule has 114 valence electrons. The van der Waals surface area contributed by atoms with Crippen LogP contribution in [0.3, 0.4) is 0 Å². The molecule has 3 nitrogen and oxygen atoms in total. The van der Waals surface area contributed by atoms with E-state index in [2.05, 4.69) is 0 Å². The number of rotatable bonds is 5. The van der Waals surface area contributed by atoms with Gasteiger partial charge in [0.1, 0.15) is 5.75 Å². The molecule has 0 radical (unpaired) electrons. The van der Waals surface area contributed by atoms with Crippen LogP contribution in [0.2, 0.25) is 5.02 Å². The summed E-state index contributed by atoms with van der Waals surface area (Å²) in [4.78, 5) is 0. The number of benzene rings is 2. The Morgan fingerprint density at radius 2 is 1.86 bits per heavy atom. The fourth-order valence-electron chi connectivity index (χ4n) is 2.09. The second-order valence-electron chi connectivity index (χ2n) is 4.68. The van der Waals surface area contributed by atoms with Crippen LogP contribution in [-0.2, 0) is 6.42 Å². The largest absolute Gasteiger partial charge is 0.495 e. The number of aliphatic hydroxyl groups is 1. The Bertz CT molecular complexity index is 563. The van der Waals surface area contributed by atoms with Gasteiger partial charge in [-0.25, -0.2) is 0 Å². The number of aliphatic hydroxyl groups excluding tert-OH is 1. The van der Waals surface area contributed by atoms with E-state index in [1.165, 1.54) is 0 Å². The Balaban J connectivity index is 0.00000220. The summed E-state index contributed by atoms with van der Waals surface area (Å²) in [6, 6.07) is 14.6. The van der Waals surface area contributed by atoms with Gasteiger partial charge in [-0.05, 0) is 23.3 Å². The van der Waals surface area contributed by atoms with E-state index in [-0.39, 0.29) is 12.4 Å². The molecule has 0 saturated carbocycles. The lowest BCUT2D eigenvalue weighted by molar-refractivity contribution is 0.145. The van der Waals surface area contributed by atoms with Crippen LogP contribution in [0.5, 0.6) is 5.75 Å². The minimum atomic E-state index is -0.664. The van der Waals surface area contributed by atoms with Crippen molar-refractivity contribution >= 4 is 24.0 Å². The van der Waals surface area contributed by atoms with Crippen LogP contribution in [0.15, 0.2) is 48.5 Å². The van der Waals surface area contributed by atoms with Crippen LogP contribution in [0.25, 0.3) is 0 Å². The van der Waals surface area contributed by atoms with Gasteiger partial charge in [0.05, 0.1) is 24.3 Å². The van der Waals surface area contributed by atoms with E-state index in [1.807, 2.05) is 36.4 Å². The zero-order chi connectivity index (χ0) is 14.5. The Morgan fingerprint density at radius 1 is 1.19 bits per heavy atom. The van der Waals surface area contributed by atoms with Gasteiger partial charge in [0.2, 0.25) is 0 Å². The highest BCUT2D eigenvalue weighted by atomic mass is 35.5. The van der Waals surface area contributed by atoms with Gasteiger partial charge in [0, 0.05) is 6.42 Å². The number of halogens is 2. The summed E-state index contributed by atoms with van der Waals surface area (Å²) in [5, 5.41) is 10.8. The van der Waals surface area contributed by atoms with Crippen LogP contribution < -0.4 is 10.5 Å². The molecule has 0 bridgehead atoms. The van der Waals surface area contributed by atoms with Crippen molar-refractivity contribution in [2.75, 3.05) is 7.11 Å². The molecule has 0 fully saturated rings. The van der Waals surface area contributed by atoms with Crippen molar-refractivity contribution in [3.63, 3.8) is 0 Å². The summed E-state index contributed by atoms with van der Waals surface area (Å²) in [5.41, 5.74) is 7.96. The Hall–Kier alpha value is -1.26. The molecule has 0 aliphatic carbocycles. The van der Waals surface area contributed by atoms with Gasteiger partial charge in [-0.2, -0.15) is 0 Å². The monoisotopic (exact) mass is 327 g/mol. The molecule has 0 heterocycles. The molecule has 3 N–H and O–H groups in total. The lowest BCUT2D eigenvalue weighted by atomic mass is 9.97. The van der Waals surface area contributed by atoms with Gasteiger partial charge in [-0.1, -0.05) is 48.0 Å². The third-order valence-corrected chi connectivity index (χ3v) is 3.57. The Morgan fingerprint density at radius 3 is 2.48 bits per heavy atom. The summed E-state index contributed by atoms with van der Waals surface area (Å²) >= 11 is 5.98. The lowest BCUT2D eigenvalue weighted by Crippen LogP contribution is -2.28. The van der Waals surface area contributed by atoms with Crippen molar-refractivity contribution in [3.8, 4) is 5.75 Å². The summed E-state index contributed by atoms with van der Waals surface area (Å²) in [7, 11) is 1.55. The van der Waals surface area contributed by atoms with Crippen molar-refractivity contribution < 1.29 is 9.84 Å². The first-order valence-electron chi connectivity index (χ1n) is 6.43.